The van der Waals surface area contributed by atoms with Crippen LogP contribution in [0.15, 0.2) is 30.7 Å². The van der Waals surface area contributed by atoms with Gasteiger partial charge in [-0.05, 0) is 49.7 Å². The number of rotatable bonds is 6. The maximum absolute atomic E-state index is 13.0. The van der Waals surface area contributed by atoms with Crippen LogP contribution < -0.4 is 4.90 Å². The number of anilines is 1. The van der Waals surface area contributed by atoms with Gasteiger partial charge in [-0.15, -0.1) is 0 Å². The molecule has 2 aliphatic heterocycles. The lowest BCUT2D eigenvalue weighted by atomic mass is 9.92. The van der Waals surface area contributed by atoms with E-state index in [9.17, 15) is 4.79 Å². The fourth-order valence-corrected chi connectivity index (χ4v) is 5.28. The summed E-state index contributed by atoms with van der Waals surface area (Å²) < 4.78 is 6.03. The van der Waals surface area contributed by atoms with E-state index < -0.39 is 0 Å². The molecule has 2 saturated heterocycles. The number of aromatic nitrogens is 3. The van der Waals surface area contributed by atoms with Gasteiger partial charge in [-0.1, -0.05) is 13.8 Å². The fourth-order valence-electron chi connectivity index (χ4n) is 5.28. The minimum absolute atomic E-state index is 0.201. The van der Waals surface area contributed by atoms with Gasteiger partial charge in [0.1, 0.15) is 5.65 Å². The predicted molar refractivity (Wildman–Crippen MR) is 131 cm³/mol. The first-order valence-electron chi connectivity index (χ1n) is 12.4. The SMILES string of the molecule is CC(C)COC1CCCN(C(=O)CC2CCN(c3ccnc4cnc5[nH]ccc5c34)CC2)C1. The molecular weight excluding hydrogens is 414 g/mol. The molecule has 5 heterocycles. The first-order chi connectivity index (χ1) is 16.1. The van der Waals surface area contributed by atoms with Gasteiger partial charge in [0.15, 0.2) is 0 Å². The van der Waals surface area contributed by atoms with Crippen LogP contribution in [-0.4, -0.2) is 64.6 Å². The van der Waals surface area contributed by atoms with Crippen LogP contribution in [0.2, 0.25) is 0 Å². The van der Waals surface area contributed by atoms with E-state index in [4.69, 9.17) is 4.74 Å². The molecule has 7 heteroatoms. The molecule has 33 heavy (non-hydrogen) atoms. The lowest BCUT2D eigenvalue weighted by Crippen LogP contribution is -2.44. The van der Waals surface area contributed by atoms with Crippen LogP contribution in [0, 0.1) is 11.8 Å². The summed E-state index contributed by atoms with van der Waals surface area (Å²) in [4.78, 5) is 29.8. The molecule has 0 radical (unpaired) electrons. The maximum atomic E-state index is 13.0. The first-order valence-corrected chi connectivity index (χ1v) is 12.4. The van der Waals surface area contributed by atoms with E-state index >= 15 is 0 Å². The van der Waals surface area contributed by atoms with Gasteiger partial charge in [0.05, 0.1) is 17.8 Å². The van der Waals surface area contributed by atoms with Crippen molar-refractivity contribution in [1.29, 1.82) is 0 Å². The number of likely N-dealkylation sites (tertiary alicyclic amines) is 1. The molecular formula is C26H35N5O2. The summed E-state index contributed by atoms with van der Waals surface area (Å²) in [6.07, 6.45) is 10.7. The standard InChI is InChI=1S/C26H35N5O2/c1-18(2)17-33-20-4-3-11-31(16-20)24(32)14-19-7-12-30(13-8-19)23-6-10-27-22-15-29-26-21(25(22)23)5-9-28-26/h5-6,9-10,15,18-20H,3-4,7-8,11-14,16-17H2,1-2H3,(H,28,29). The van der Waals surface area contributed by atoms with Gasteiger partial charge in [0.2, 0.25) is 5.91 Å². The number of hydrogen-bond acceptors (Lipinski definition) is 5. The molecule has 7 nitrogen and oxygen atoms in total. The van der Waals surface area contributed by atoms with E-state index in [0.29, 0.717) is 24.2 Å². The molecule has 3 aromatic rings. The topological polar surface area (TPSA) is 74.3 Å². The third-order valence-corrected chi connectivity index (χ3v) is 7.08. The highest BCUT2D eigenvalue weighted by Crippen LogP contribution is 2.34. The molecule has 1 unspecified atom stereocenters. The van der Waals surface area contributed by atoms with Crippen LogP contribution in [0.1, 0.15) is 46.0 Å². The highest BCUT2D eigenvalue weighted by atomic mass is 16.5. The highest BCUT2D eigenvalue weighted by molar-refractivity contribution is 6.09. The summed E-state index contributed by atoms with van der Waals surface area (Å²) in [6.45, 7) is 8.68. The monoisotopic (exact) mass is 449 g/mol. The first kappa shape index (κ1) is 22.1. The second kappa shape index (κ2) is 9.67. The third kappa shape index (κ3) is 4.83. The Kier molecular flexibility index (Phi) is 6.49. The van der Waals surface area contributed by atoms with Crippen molar-refractivity contribution < 1.29 is 9.53 Å². The Morgan fingerprint density at radius 2 is 2.03 bits per heavy atom. The van der Waals surface area contributed by atoms with Crippen molar-refractivity contribution in [3.8, 4) is 0 Å². The van der Waals surface area contributed by atoms with Gasteiger partial charge in [-0.3, -0.25) is 9.78 Å². The minimum atomic E-state index is 0.201. The molecule has 1 atom stereocenters. The predicted octanol–water partition coefficient (Wildman–Crippen LogP) is 4.38. The van der Waals surface area contributed by atoms with Gasteiger partial charge in [0.25, 0.3) is 0 Å². The quantitative estimate of drug-likeness (QED) is 0.604. The molecule has 1 amide bonds. The average molecular weight is 450 g/mol. The van der Waals surface area contributed by atoms with Gasteiger partial charge < -0.3 is 19.5 Å². The fraction of sp³-hybridized carbons (Fsp3) is 0.577. The molecule has 5 rings (SSSR count). The molecule has 0 bridgehead atoms. The van der Waals surface area contributed by atoms with E-state index in [1.807, 2.05) is 23.5 Å². The summed E-state index contributed by atoms with van der Waals surface area (Å²) in [5, 5.41) is 2.28. The Balaban J connectivity index is 1.20. The Morgan fingerprint density at radius 3 is 2.85 bits per heavy atom. The van der Waals surface area contributed by atoms with Crippen molar-refractivity contribution >= 4 is 33.5 Å². The Morgan fingerprint density at radius 1 is 1.18 bits per heavy atom. The van der Waals surface area contributed by atoms with Crippen molar-refractivity contribution in [2.75, 3.05) is 37.7 Å². The molecule has 2 fully saturated rings. The number of pyridine rings is 2. The molecule has 2 aliphatic rings. The van der Waals surface area contributed by atoms with E-state index in [1.165, 1.54) is 11.1 Å². The van der Waals surface area contributed by atoms with E-state index in [1.54, 1.807) is 0 Å². The molecule has 0 aromatic carbocycles. The van der Waals surface area contributed by atoms with E-state index in [0.717, 1.165) is 75.0 Å². The second-order valence-electron chi connectivity index (χ2n) is 10.1. The average Bonchev–Trinajstić information content (AvgIpc) is 3.32. The molecule has 1 N–H and O–H groups in total. The Labute approximate surface area is 195 Å². The van der Waals surface area contributed by atoms with Gasteiger partial charge in [-0.2, -0.15) is 0 Å². The lowest BCUT2D eigenvalue weighted by Gasteiger charge is -2.36. The highest BCUT2D eigenvalue weighted by Gasteiger charge is 2.28. The summed E-state index contributed by atoms with van der Waals surface area (Å²) >= 11 is 0. The molecule has 0 spiro atoms. The number of nitrogens with zero attached hydrogens (tertiary/aromatic N) is 4. The number of amides is 1. The number of fused-ring (bicyclic) bond motifs is 3. The minimum Gasteiger partial charge on any atom is -0.376 e. The van der Waals surface area contributed by atoms with Gasteiger partial charge >= 0.3 is 0 Å². The van der Waals surface area contributed by atoms with Crippen LogP contribution in [0.4, 0.5) is 5.69 Å². The van der Waals surface area contributed by atoms with Crippen molar-refractivity contribution in [1.82, 2.24) is 19.9 Å². The van der Waals surface area contributed by atoms with E-state index in [2.05, 4.69) is 45.8 Å². The smallest absolute Gasteiger partial charge is 0.222 e. The zero-order chi connectivity index (χ0) is 22.8. The molecule has 0 saturated carbocycles. The van der Waals surface area contributed by atoms with Crippen molar-refractivity contribution in [2.24, 2.45) is 11.8 Å². The van der Waals surface area contributed by atoms with Gasteiger partial charge in [-0.25, -0.2) is 4.98 Å². The number of hydrogen-bond donors (Lipinski definition) is 1. The number of H-pyrrole nitrogens is 1. The number of carbonyl (C=O) groups excluding carboxylic acids is 1. The zero-order valence-corrected chi connectivity index (χ0v) is 19.8. The lowest BCUT2D eigenvalue weighted by molar-refractivity contribution is -0.136. The summed E-state index contributed by atoms with van der Waals surface area (Å²) in [6, 6.07) is 4.20. The van der Waals surface area contributed by atoms with Crippen LogP contribution in [0.25, 0.3) is 21.9 Å². The molecule has 176 valence electrons. The van der Waals surface area contributed by atoms with Gasteiger partial charge in [0, 0.05) is 68.1 Å². The van der Waals surface area contributed by atoms with Crippen LogP contribution in [-0.2, 0) is 9.53 Å². The third-order valence-electron chi connectivity index (χ3n) is 7.08. The summed E-state index contributed by atoms with van der Waals surface area (Å²) in [5.41, 5.74) is 3.05. The largest absolute Gasteiger partial charge is 0.376 e. The number of ether oxygens (including phenoxy) is 1. The van der Waals surface area contributed by atoms with Crippen molar-refractivity contribution in [3.05, 3.63) is 30.7 Å². The second-order valence-corrected chi connectivity index (χ2v) is 10.1. The number of aromatic amines is 1. The molecule has 0 aliphatic carbocycles. The normalized spacial score (nSPS) is 20.3. The number of piperidine rings is 2. The summed E-state index contributed by atoms with van der Waals surface area (Å²) in [5.74, 6) is 1.29. The Bertz CT molecular complexity index is 1100. The van der Waals surface area contributed by atoms with Crippen LogP contribution >= 0.6 is 0 Å². The maximum Gasteiger partial charge on any atom is 0.222 e. The van der Waals surface area contributed by atoms with Crippen LogP contribution in [0.5, 0.6) is 0 Å². The van der Waals surface area contributed by atoms with Crippen molar-refractivity contribution in [2.45, 2.75) is 52.1 Å². The molecule has 3 aromatic heterocycles. The number of nitrogens with one attached hydrogen (secondary N) is 1. The van der Waals surface area contributed by atoms with E-state index in [-0.39, 0.29) is 6.10 Å². The summed E-state index contributed by atoms with van der Waals surface area (Å²) in [7, 11) is 0. The van der Waals surface area contributed by atoms with Crippen molar-refractivity contribution in [3.63, 3.8) is 0 Å². The van der Waals surface area contributed by atoms with Crippen LogP contribution in [0.3, 0.4) is 0 Å². The Hall–Kier alpha value is -2.67. The number of carbonyl (C=O) groups is 1. The zero-order valence-electron chi connectivity index (χ0n) is 19.8.